The largest absolute Gasteiger partial charge is 0.418 e. The van der Waals surface area contributed by atoms with Crippen LogP contribution in [0.25, 0.3) is 0 Å². The second-order valence-corrected chi connectivity index (χ2v) is 6.09. The van der Waals surface area contributed by atoms with Gasteiger partial charge in [-0.2, -0.15) is 13.2 Å². The highest BCUT2D eigenvalue weighted by atomic mass is 19.4. The Labute approximate surface area is 149 Å². The number of para-hydroxylation sites is 1. The smallest absolute Gasteiger partial charge is 0.325 e. The van der Waals surface area contributed by atoms with Crippen molar-refractivity contribution in [1.82, 2.24) is 0 Å². The third-order valence-corrected chi connectivity index (χ3v) is 3.77. The molecule has 0 aliphatic carbocycles. The molecule has 0 saturated heterocycles. The van der Waals surface area contributed by atoms with Crippen molar-refractivity contribution in [3.63, 3.8) is 0 Å². The molecule has 0 radical (unpaired) electrons. The van der Waals surface area contributed by atoms with E-state index in [9.17, 15) is 22.8 Å². The van der Waals surface area contributed by atoms with Crippen LogP contribution < -0.4 is 10.6 Å². The van der Waals surface area contributed by atoms with Crippen molar-refractivity contribution >= 4 is 23.2 Å². The van der Waals surface area contributed by atoms with E-state index in [1.165, 1.54) is 12.1 Å². The van der Waals surface area contributed by atoms with Crippen LogP contribution in [0.1, 0.15) is 28.7 Å². The highest BCUT2D eigenvalue weighted by molar-refractivity contribution is 6.08. The molecule has 2 aromatic rings. The highest BCUT2D eigenvalue weighted by Crippen LogP contribution is 2.34. The molecule has 0 spiro atoms. The lowest BCUT2D eigenvalue weighted by Gasteiger charge is -2.14. The Morgan fingerprint density at radius 1 is 0.923 bits per heavy atom. The number of anilines is 2. The van der Waals surface area contributed by atoms with Crippen LogP contribution in [0, 0.1) is 20.8 Å². The first-order valence-corrected chi connectivity index (χ1v) is 7.91. The summed E-state index contributed by atoms with van der Waals surface area (Å²) in [6, 6.07) is 8.41. The zero-order valence-electron chi connectivity index (χ0n) is 14.6. The lowest BCUT2D eigenvalue weighted by molar-refractivity contribution is -0.137. The Bertz CT molecular complexity index is 822. The van der Waals surface area contributed by atoms with Gasteiger partial charge in [-0.15, -0.1) is 0 Å². The van der Waals surface area contributed by atoms with Gasteiger partial charge >= 0.3 is 6.18 Å². The van der Waals surface area contributed by atoms with Gasteiger partial charge in [0.25, 0.3) is 0 Å². The van der Waals surface area contributed by atoms with Gasteiger partial charge in [-0.25, -0.2) is 0 Å². The lowest BCUT2D eigenvalue weighted by atomic mass is 10.0. The Kier molecular flexibility index (Phi) is 5.69. The van der Waals surface area contributed by atoms with E-state index in [0.29, 0.717) is 5.69 Å². The Balaban J connectivity index is 2.07. The molecule has 138 valence electrons. The first-order chi connectivity index (χ1) is 12.1. The molecule has 2 N–H and O–H groups in total. The normalized spacial score (nSPS) is 11.2. The second-order valence-electron chi connectivity index (χ2n) is 6.09. The summed E-state index contributed by atoms with van der Waals surface area (Å²) in [5.74, 6) is -1.41. The number of halogens is 3. The number of hydrogen-bond acceptors (Lipinski definition) is 2. The zero-order valence-corrected chi connectivity index (χ0v) is 14.6. The van der Waals surface area contributed by atoms with Crippen LogP contribution >= 0.6 is 0 Å². The molecule has 0 fully saturated rings. The molecule has 0 heterocycles. The first-order valence-electron chi connectivity index (χ1n) is 7.91. The van der Waals surface area contributed by atoms with Crippen LogP contribution in [0.4, 0.5) is 24.5 Å². The highest BCUT2D eigenvalue weighted by Gasteiger charge is 2.33. The number of hydrogen-bond donors (Lipinski definition) is 2. The van der Waals surface area contributed by atoms with Crippen molar-refractivity contribution in [3.05, 3.63) is 58.7 Å². The summed E-state index contributed by atoms with van der Waals surface area (Å²) in [5.41, 5.74) is 2.00. The molecule has 0 bridgehead atoms. The number of benzene rings is 2. The van der Waals surface area contributed by atoms with E-state index in [1.807, 2.05) is 32.9 Å². The van der Waals surface area contributed by atoms with E-state index in [1.54, 1.807) is 0 Å². The number of amides is 2. The Morgan fingerprint density at radius 2 is 1.46 bits per heavy atom. The van der Waals surface area contributed by atoms with Crippen molar-refractivity contribution in [1.29, 1.82) is 0 Å². The third-order valence-electron chi connectivity index (χ3n) is 3.77. The number of rotatable bonds is 4. The Morgan fingerprint density at radius 3 is 2.04 bits per heavy atom. The van der Waals surface area contributed by atoms with E-state index in [-0.39, 0.29) is 5.69 Å². The summed E-state index contributed by atoms with van der Waals surface area (Å²) in [4.78, 5) is 24.1. The van der Waals surface area contributed by atoms with Crippen molar-refractivity contribution in [3.8, 4) is 0 Å². The second kappa shape index (κ2) is 7.59. The molecule has 0 unspecified atom stereocenters. The maximum Gasteiger partial charge on any atom is 0.418 e. The van der Waals surface area contributed by atoms with Gasteiger partial charge in [0.2, 0.25) is 11.8 Å². The summed E-state index contributed by atoms with van der Waals surface area (Å²) >= 11 is 0. The molecule has 0 saturated carbocycles. The number of carbonyl (C=O) groups excluding carboxylic acids is 2. The average molecular weight is 364 g/mol. The van der Waals surface area contributed by atoms with Crippen LogP contribution in [0.3, 0.4) is 0 Å². The van der Waals surface area contributed by atoms with Crippen LogP contribution in [-0.4, -0.2) is 11.8 Å². The van der Waals surface area contributed by atoms with E-state index >= 15 is 0 Å². The number of nitrogens with one attached hydrogen (secondary N) is 2. The van der Waals surface area contributed by atoms with E-state index in [4.69, 9.17) is 0 Å². The van der Waals surface area contributed by atoms with Crippen LogP contribution in [0.2, 0.25) is 0 Å². The third kappa shape index (κ3) is 4.84. The van der Waals surface area contributed by atoms with Gasteiger partial charge in [0.1, 0.15) is 6.42 Å². The number of aryl methyl sites for hydroxylation is 3. The molecule has 0 aliphatic rings. The fourth-order valence-electron chi connectivity index (χ4n) is 2.74. The maximum absolute atomic E-state index is 12.9. The lowest BCUT2D eigenvalue weighted by Crippen LogP contribution is -2.23. The molecule has 2 amide bonds. The summed E-state index contributed by atoms with van der Waals surface area (Å²) in [7, 11) is 0. The van der Waals surface area contributed by atoms with Gasteiger partial charge in [0, 0.05) is 5.69 Å². The van der Waals surface area contributed by atoms with Gasteiger partial charge in [-0.05, 0) is 44.0 Å². The van der Waals surface area contributed by atoms with Crippen molar-refractivity contribution in [2.75, 3.05) is 10.6 Å². The fourth-order valence-corrected chi connectivity index (χ4v) is 2.74. The van der Waals surface area contributed by atoms with E-state index < -0.39 is 30.0 Å². The maximum atomic E-state index is 12.9. The minimum atomic E-state index is -4.59. The molecular weight excluding hydrogens is 345 g/mol. The molecular formula is C19H19F3N2O2. The minimum Gasteiger partial charge on any atom is -0.325 e. The molecule has 4 nitrogen and oxygen atoms in total. The predicted octanol–water partition coefficient (Wildman–Crippen LogP) is 4.60. The molecule has 0 aromatic heterocycles. The van der Waals surface area contributed by atoms with Crippen LogP contribution in [0.5, 0.6) is 0 Å². The summed E-state index contributed by atoms with van der Waals surface area (Å²) in [6.45, 7) is 5.58. The van der Waals surface area contributed by atoms with Gasteiger partial charge in [-0.3, -0.25) is 9.59 Å². The van der Waals surface area contributed by atoms with E-state index in [0.717, 1.165) is 28.8 Å². The van der Waals surface area contributed by atoms with Gasteiger partial charge in [0.15, 0.2) is 0 Å². The van der Waals surface area contributed by atoms with Crippen molar-refractivity contribution in [2.24, 2.45) is 0 Å². The van der Waals surface area contributed by atoms with Gasteiger partial charge in [0.05, 0.1) is 11.3 Å². The average Bonchev–Trinajstić information content (AvgIpc) is 2.50. The van der Waals surface area contributed by atoms with Crippen molar-refractivity contribution in [2.45, 2.75) is 33.4 Å². The minimum absolute atomic E-state index is 0.375. The van der Waals surface area contributed by atoms with E-state index in [2.05, 4.69) is 10.6 Å². The molecule has 2 aromatic carbocycles. The Hall–Kier alpha value is -2.83. The summed E-state index contributed by atoms with van der Waals surface area (Å²) in [5, 5.41) is 4.80. The molecule has 26 heavy (non-hydrogen) atoms. The van der Waals surface area contributed by atoms with Gasteiger partial charge < -0.3 is 10.6 Å². The number of carbonyl (C=O) groups is 2. The SMILES string of the molecule is Cc1cc(C)c(NC(=O)CC(=O)Nc2ccccc2C(F)(F)F)c(C)c1. The first kappa shape index (κ1) is 19.5. The summed E-state index contributed by atoms with van der Waals surface area (Å²) < 4.78 is 38.8. The van der Waals surface area contributed by atoms with Crippen LogP contribution in [-0.2, 0) is 15.8 Å². The molecule has 0 aliphatic heterocycles. The summed E-state index contributed by atoms with van der Waals surface area (Å²) in [6.07, 6.45) is -5.18. The predicted molar refractivity (Wildman–Crippen MR) is 94.0 cm³/mol. The molecule has 0 atom stereocenters. The topological polar surface area (TPSA) is 58.2 Å². The van der Waals surface area contributed by atoms with Gasteiger partial charge in [-0.1, -0.05) is 29.8 Å². The quantitative estimate of drug-likeness (QED) is 0.779. The zero-order chi connectivity index (χ0) is 19.5. The standard InChI is InChI=1S/C19H19F3N2O2/c1-11-8-12(2)18(13(3)9-11)24-17(26)10-16(25)23-15-7-5-4-6-14(15)19(20,21)22/h4-9H,10H2,1-3H3,(H,23,25)(H,24,26). The van der Waals surface area contributed by atoms with Crippen LogP contribution in [0.15, 0.2) is 36.4 Å². The molecule has 7 heteroatoms. The van der Waals surface area contributed by atoms with Crippen molar-refractivity contribution < 1.29 is 22.8 Å². The molecule has 2 rings (SSSR count). The number of alkyl halides is 3. The monoisotopic (exact) mass is 364 g/mol. The fraction of sp³-hybridized carbons (Fsp3) is 0.263.